The summed E-state index contributed by atoms with van der Waals surface area (Å²) in [5.41, 5.74) is 3.78. The molecule has 1 atom stereocenters. The van der Waals surface area contributed by atoms with Gasteiger partial charge in [0.05, 0.1) is 11.7 Å². The van der Waals surface area contributed by atoms with E-state index in [1.54, 1.807) is 11.8 Å². The normalized spacial score (nSPS) is 16.3. The van der Waals surface area contributed by atoms with Crippen molar-refractivity contribution in [3.63, 3.8) is 0 Å². The van der Waals surface area contributed by atoms with E-state index in [1.807, 2.05) is 55.5 Å². The number of carbonyl (C=O) groups is 1. The van der Waals surface area contributed by atoms with Crippen LogP contribution in [0.1, 0.15) is 53.7 Å². The number of rotatable bonds is 3. The topological polar surface area (TPSA) is 44.7 Å². The van der Waals surface area contributed by atoms with Gasteiger partial charge in [0.2, 0.25) is 0 Å². The minimum Gasteiger partial charge on any atom is -0.356 e. The molecule has 1 N–H and O–H groups in total. The fourth-order valence-corrected chi connectivity index (χ4v) is 5.32. The van der Waals surface area contributed by atoms with Gasteiger partial charge in [-0.2, -0.15) is 0 Å². The first-order valence-corrected chi connectivity index (χ1v) is 12.1. The fraction of sp³-hybridized carbons (Fsp3) is 0.259. The highest BCUT2D eigenvalue weighted by molar-refractivity contribution is 7.99. The Kier molecular flexibility index (Phi) is 5.99. The Morgan fingerprint density at radius 3 is 2.50 bits per heavy atom. The van der Waals surface area contributed by atoms with Gasteiger partial charge < -0.3 is 10.2 Å². The van der Waals surface area contributed by atoms with Crippen molar-refractivity contribution in [3.05, 3.63) is 89.5 Å². The van der Waals surface area contributed by atoms with E-state index in [4.69, 9.17) is 4.99 Å². The molecule has 5 rings (SSSR count). The summed E-state index contributed by atoms with van der Waals surface area (Å²) in [4.78, 5) is 22.9. The number of piperidine rings is 1. The molecule has 2 heterocycles. The lowest BCUT2D eigenvalue weighted by atomic mass is 10.1. The largest absolute Gasteiger partial charge is 0.356 e. The van der Waals surface area contributed by atoms with E-state index in [1.165, 1.54) is 29.7 Å². The monoisotopic (exact) mass is 441 g/mol. The van der Waals surface area contributed by atoms with Gasteiger partial charge in [0, 0.05) is 34.0 Å². The van der Waals surface area contributed by atoms with Crippen molar-refractivity contribution in [2.24, 2.45) is 4.99 Å². The minimum atomic E-state index is -0.0781. The predicted octanol–water partition coefficient (Wildman–Crippen LogP) is 6.21. The number of nitrogens with zero attached hydrogens (tertiary/aromatic N) is 2. The summed E-state index contributed by atoms with van der Waals surface area (Å²) < 4.78 is 0. The van der Waals surface area contributed by atoms with Crippen molar-refractivity contribution in [2.75, 3.05) is 13.1 Å². The number of amides is 1. The standard InChI is InChI=1S/C27H27N3OS/c1-19(20-10-4-2-5-11-20)28-27(31)21-14-15-25-23(18-21)29-26(30-16-8-3-9-17-30)22-12-6-7-13-24(22)32-25/h2,4-7,10-15,18-19H,3,8-9,16-17H2,1H3,(H,28,31). The summed E-state index contributed by atoms with van der Waals surface area (Å²) in [5, 5.41) is 3.12. The van der Waals surface area contributed by atoms with Crippen LogP contribution in [0.5, 0.6) is 0 Å². The Morgan fingerprint density at radius 2 is 1.69 bits per heavy atom. The van der Waals surface area contributed by atoms with Crippen molar-refractivity contribution in [2.45, 2.75) is 42.0 Å². The molecule has 2 aliphatic heterocycles. The summed E-state index contributed by atoms with van der Waals surface area (Å²) in [6.45, 7) is 4.07. The minimum absolute atomic E-state index is 0.0615. The van der Waals surface area contributed by atoms with Crippen molar-refractivity contribution in [3.8, 4) is 0 Å². The smallest absolute Gasteiger partial charge is 0.251 e. The van der Waals surface area contributed by atoms with Gasteiger partial charge in [-0.25, -0.2) is 4.99 Å². The lowest BCUT2D eigenvalue weighted by Gasteiger charge is -2.30. The predicted molar refractivity (Wildman–Crippen MR) is 131 cm³/mol. The van der Waals surface area contributed by atoms with E-state index in [2.05, 4.69) is 34.5 Å². The van der Waals surface area contributed by atoms with Crippen LogP contribution in [-0.2, 0) is 0 Å². The number of aliphatic imine (C=N–C) groups is 1. The third kappa shape index (κ3) is 4.30. The average molecular weight is 442 g/mol. The molecule has 0 aromatic heterocycles. The molecular weight excluding hydrogens is 414 g/mol. The molecule has 2 aliphatic rings. The Labute approximate surface area is 193 Å². The van der Waals surface area contributed by atoms with Crippen LogP contribution in [0.3, 0.4) is 0 Å². The first-order valence-electron chi connectivity index (χ1n) is 11.3. The van der Waals surface area contributed by atoms with Crippen LogP contribution in [0.4, 0.5) is 5.69 Å². The summed E-state index contributed by atoms with van der Waals surface area (Å²) in [6, 6.07) is 24.3. The number of fused-ring (bicyclic) bond motifs is 2. The quantitative estimate of drug-likeness (QED) is 0.526. The highest BCUT2D eigenvalue weighted by Gasteiger charge is 2.24. The SMILES string of the molecule is CC(NC(=O)c1ccc2c(c1)N=C(N1CCCCC1)c1ccccc1S2)c1ccccc1. The fourth-order valence-electron chi connectivity index (χ4n) is 4.32. The van der Waals surface area contributed by atoms with E-state index in [0.29, 0.717) is 5.56 Å². The van der Waals surface area contributed by atoms with Crippen LogP contribution >= 0.6 is 11.8 Å². The molecule has 0 bridgehead atoms. The third-order valence-corrected chi connectivity index (χ3v) is 7.24. The lowest BCUT2D eigenvalue weighted by Crippen LogP contribution is -2.36. The molecule has 3 aromatic rings. The molecule has 0 aliphatic carbocycles. The first-order chi connectivity index (χ1) is 15.7. The zero-order valence-corrected chi connectivity index (χ0v) is 19.1. The third-order valence-electron chi connectivity index (χ3n) is 6.10. The van der Waals surface area contributed by atoms with Crippen molar-refractivity contribution in [1.29, 1.82) is 0 Å². The maximum atomic E-state index is 13.0. The van der Waals surface area contributed by atoms with E-state index in [0.717, 1.165) is 35.1 Å². The lowest BCUT2D eigenvalue weighted by molar-refractivity contribution is 0.0940. The molecule has 32 heavy (non-hydrogen) atoms. The maximum Gasteiger partial charge on any atom is 0.251 e. The van der Waals surface area contributed by atoms with Gasteiger partial charge in [-0.3, -0.25) is 4.79 Å². The summed E-state index contributed by atoms with van der Waals surface area (Å²) >= 11 is 1.73. The number of likely N-dealkylation sites (tertiary alicyclic amines) is 1. The van der Waals surface area contributed by atoms with Gasteiger partial charge in [0.15, 0.2) is 0 Å². The molecule has 1 fully saturated rings. The second-order valence-electron chi connectivity index (χ2n) is 8.37. The molecule has 1 amide bonds. The second-order valence-corrected chi connectivity index (χ2v) is 9.45. The Morgan fingerprint density at radius 1 is 0.938 bits per heavy atom. The van der Waals surface area contributed by atoms with Crippen molar-refractivity contribution >= 4 is 29.2 Å². The zero-order chi connectivity index (χ0) is 21.9. The van der Waals surface area contributed by atoms with Gasteiger partial charge in [-0.1, -0.05) is 60.3 Å². The number of amidine groups is 1. The molecule has 0 saturated carbocycles. The van der Waals surface area contributed by atoms with Crippen LogP contribution in [0.25, 0.3) is 0 Å². The van der Waals surface area contributed by atoms with Gasteiger partial charge >= 0.3 is 0 Å². The number of benzene rings is 3. The van der Waals surface area contributed by atoms with Crippen LogP contribution in [0.2, 0.25) is 0 Å². The molecule has 0 spiro atoms. The highest BCUT2D eigenvalue weighted by Crippen LogP contribution is 2.41. The number of nitrogens with one attached hydrogen (secondary N) is 1. The summed E-state index contributed by atoms with van der Waals surface area (Å²) in [7, 11) is 0. The average Bonchev–Trinajstić information content (AvgIpc) is 3.01. The molecule has 5 heteroatoms. The van der Waals surface area contributed by atoms with E-state index >= 15 is 0 Å². The summed E-state index contributed by atoms with van der Waals surface area (Å²) in [5.74, 6) is 0.951. The molecule has 1 saturated heterocycles. The Hall–Kier alpha value is -3.05. The molecule has 162 valence electrons. The van der Waals surface area contributed by atoms with Crippen molar-refractivity contribution in [1.82, 2.24) is 10.2 Å². The van der Waals surface area contributed by atoms with Gasteiger partial charge in [0.1, 0.15) is 5.84 Å². The molecule has 1 unspecified atom stereocenters. The van der Waals surface area contributed by atoms with Gasteiger partial charge in [-0.05, 0) is 56.0 Å². The maximum absolute atomic E-state index is 13.0. The Bertz CT molecular complexity index is 1150. The van der Waals surface area contributed by atoms with E-state index in [9.17, 15) is 4.79 Å². The molecule has 0 radical (unpaired) electrons. The van der Waals surface area contributed by atoms with Gasteiger partial charge in [0.25, 0.3) is 5.91 Å². The van der Waals surface area contributed by atoms with E-state index in [-0.39, 0.29) is 11.9 Å². The van der Waals surface area contributed by atoms with Crippen LogP contribution in [0, 0.1) is 0 Å². The molecule has 3 aromatic carbocycles. The second kappa shape index (κ2) is 9.21. The summed E-state index contributed by atoms with van der Waals surface area (Å²) in [6.07, 6.45) is 3.67. The Balaban J connectivity index is 1.47. The van der Waals surface area contributed by atoms with Crippen LogP contribution < -0.4 is 5.32 Å². The molecular formula is C27H27N3OS. The number of hydrogen-bond acceptors (Lipinski definition) is 4. The van der Waals surface area contributed by atoms with Gasteiger partial charge in [-0.15, -0.1) is 0 Å². The number of carbonyl (C=O) groups excluding carboxylic acids is 1. The first kappa shape index (κ1) is 20.8. The van der Waals surface area contributed by atoms with E-state index < -0.39 is 0 Å². The zero-order valence-electron chi connectivity index (χ0n) is 18.3. The van der Waals surface area contributed by atoms with Crippen LogP contribution in [0.15, 0.2) is 87.6 Å². The molecule has 4 nitrogen and oxygen atoms in total. The van der Waals surface area contributed by atoms with Crippen molar-refractivity contribution < 1.29 is 4.79 Å². The highest BCUT2D eigenvalue weighted by atomic mass is 32.2. The van der Waals surface area contributed by atoms with Crippen LogP contribution in [-0.4, -0.2) is 29.7 Å². The number of hydrogen-bond donors (Lipinski definition) is 1.